The van der Waals surface area contributed by atoms with Crippen LogP contribution >= 0.6 is 11.3 Å². The molecule has 0 amide bonds. The topological polar surface area (TPSA) is 12.0 Å². The van der Waals surface area contributed by atoms with Crippen molar-refractivity contribution in [3.05, 3.63) is 35.2 Å². The van der Waals surface area contributed by atoms with Crippen molar-refractivity contribution in [2.24, 2.45) is 5.92 Å². The zero-order valence-corrected chi connectivity index (χ0v) is 13.2. The molecule has 20 heavy (non-hydrogen) atoms. The summed E-state index contributed by atoms with van der Waals surface area (Å²) in [5.74, 6) is 0.804. The Hall–Kier alpha value is -0.860. The van der Waals surface area contributed by atoms with E-state index in [1.165, 1.54) is 60.6 Å². The Kier molecular flexibility index (Phi) is 4.74. The number of hydrogen-bond donors (Lipinski definition) is 1. The summed E-state index contributed by atoms with van der Waals surface area (Å²) < 4.78 is 1.42. The molecule has 3 rings (SSSR count). The minimum atomic E-state index is 0.532. The second-order valence-electron chi connectivity index (χ2n) is 6.06. The van der Waals surface area contributed by atoms with Crippen LogP contribution in [-0.2, 0) is 0 Å². The van der Waals surface area contributed by atoms with E-state index < -0.39 is 0 Å². The van der Waals surface area contributed by atoms with Crippen LogP contribution in [0.5, 0.6) is 0 Å². The predicted octanol–water partition coefficient (Wildman–Crippen LogP) is 5.52. The van der Waals surface area contributed by atoms with Crippen molar-refractivity contribution in [1.82, 2.24) is 5.32 Å². The minimum Gasteiger partial charge on any atom is -0.313 e. The number of rotatable bonds is 3. The van der Waals surface area contributed by atoms with E-state index in [1.54, 1.807) is 0 Å². The molecule has 1 atom stereocenters. The van der Waals surface area contributed by atoms with Crippen molar-refractivity contribution in [2.45, 2.75) is 51.0 Å². The zero-order chi connectivity index (χ0) is 13.8. The quantitative estimate of drug-likeness (QED) is 0.783. The van der Waals surface area contributed by atoms with Gasteiger partial charge in [-0.2, -0.15) is 0 Å². The summed E-state index contributed by atoms with van der Waals surface area (Å²) in [4.78, 5) is 0. The van der Waals surface area contributed by atoms with Crippen LogP contribution in [0.2, 0.25) is 0 Å². The maximum atomic E-state index is 3.62. The second kappa shape index (κ2) is 6.73. The van der Waals surface area contributed by atoms with Gasteiger partial charge in [-0.15, -0.1) is 11.3 Å². The SMILES string of the molecule is CNC(c1csc2ccccc12)C1CCCCCCC1. The molecule has 1 unspecified atom stereocenters. The largest absolute Gasteiger partial charge is 0.313 e. The molecule has 1 nitrogen and oxygen atoms in total. The number of hydrogen-bond acceptors (Lipinski definition) is 2. The molecule has 0 bridgehead atoms. The van der Waals surface area contributed by atoms with E-state index >= 15 is 0 Å². The molecule has 1 aliphatic rings. The van der Waals surface area contributed by atoms with Crippen LogP contribution in [0.1, 0.15) is 56.6 Å². The lowest BCUT2D eigenvalue weighted by atomic mass is 9.83. The third-order valence-corrected chi connectivity index (χ3v) is 5.76. The summed E-state index contributed by atoms with van der Waals surface area (Å²) in [5, 5.41) is 7.46. The fraction of sp³-hybridized carbons (Fsp3) is 0.556. The number of thiophene rings is 1. The van der Waals surface area contributed by atoms with E-state index in [1.807, 2.05) is 11.3 Å². The molecule has 1 aromatic heterocycles. The van der Waals surface area contributed by atoms with Crippen LogP contribution in [0, 0.1) is 5.92 Å². The molecule has 108 valence electrons. The Morgan fingerprint density at radius 3 is 2.50 bits per heavy atom. The standard InChI is InChI=1S/C18H25NS/c1-19-18(14-9-5-3-2-4-6-10-14)16-13-20-17-12-8-7-11-15(16)17/h7-8,11-14,18-19H,2-6,9-10H2,1H3. The molecule has 0 radical (unpaired) electrons. The highest BCUT2D eigenvalue weighted by molar-refractivity contribution is 7.17. The van der Waals surface area contributed by atoms with Crippen molar-refractivity contribution in [2.75, 3.05) is 7.05 Å². The molecular formula is C18H25NS. The van der Waals surface area contributed by atoms with Crippen LogP contribution in [0.3, 0.4) is 0 Å². The fourth-order valence-corrected chi connectivity index (χ4v) is 4.70. The van der Waals surface area contributed by atoms with Gasteiger partial charge >= 0.3 is 0 Å². The number of benzene rings is 1. The molecule has 2 heteroatoms. The monoisotopic (exact) mass is 287 g/mol. The third kappa shape index (κ3) is 2.91. The average Bonchev–Trinajstić information content (AvgIpc) is 2.86. The third-order valence-electron chi connectivity index (χ3n) is 4.78. The van der Waals surface area contributed by atoms with Crippen molar-refractivity contribution >= 4 is 21.4 Å². The van der Waals surface area contributed by atoms with Gasteiger partial charge in [0.2, 0.25) is 0 Å². The van der Waals surface area contributed by atoms with Crippen LogP contribution in [0.15, 0.2) is 29.6 Å². The molecule has 1 N–H and O–H groups in total. The maximum Gasteiger partial charge on any atom is 0.0360 e. The van der Waals surface area contributed by atoms with Gasteiger partial charge in [0.15, 0.2) is 0 Å². The molecule has 0 aliphatic heterocycles. The molecule has 0 saturated heterocycles. The Morgan fingerprint density at radius 1 is 1.05 bits per heavy atom. The van der Waals surface area contributed by atoms with Gasteiger partial charge in [0, 0.05) is 10.7 Å². The zero-order valence-electron chi connectivity index (χ0n) is 12.4. The van der Waals surface area contributed by atoms with Gasteiger partial charge in [-0.25, -0.2) is 0 Å². The molecular weight excluding hydrogens is 262 g/mol. The van der Waals surface area contributed by atoms with E-state index in [0.717, 1.165) is 5.92 Å². The lowest BCUT2D eigenvalue weighted by Crippen LogP contribution is -2.25. The molecule has 1 saturated carbocycles. The molecule has 1 heterocycles. The van der Waals surface area contributed by atoms with Crippen molar-refractivity contribution in [3.63, 3.8) is 0 Å². The average molecular weight is 287 g/mol. The minimum absolute atomic E-state index is 0.532. The highest BCUT2D eigenvalue weighted by Gasteiger charge is 2.24. The lowest BCUT2D eigenvalue weighted by molar-refractivity contribution is 0.301. The summed E-state index contributed by atoms with van der Waals surface area (Å²) in [5.41, 5.74) is 1.53. The Balaban J connectivity index is 1.88. The summed E-state index contributed by atoms with van der Waals surface area (Å²) >= 11 is 1.89. The predicted molar refractivity (Wildman–Crippen MR) is 89.4 cm³/mol. The summed E-state index contributed by atoms with van der Waals surface area (Å²) in [6.45, 7) is 0. The first-order chi connectivity index (χ1) is 9.90. The number of fused-ring (bicyclic) bond motifs is 1. The lowest BCUT2D eigenvalue weighted by Gasteiger charge is -2.28. The second-order valence-corrected chi connectivity index (χ2v) is 6.97. The van der Waals surface area contributed by atoms with Crippen molar-refractivity contribution in [3.8, 4) is 0 Å². The van der Waals surface area contributed by atoms with E-state index in [0.29, 0.717) is 6.04 Å². The highest BCUT2D eigenvalue weighted by Crippen LogP contribution is 2.38. The van der Waals surface area contributed by atoms with Gasteiger partial charge in [-0.05, 0) is 48.2 Å². The van der Waals surface area contributed by atoms with Crippen LogP contribution in [0.25, 0.3) is 10.1 Å². The van der Waals surface area contributed by atoms with E-state index in [4.69, 9.17) is 0 Å². The van der Waals surface area contributed by atoms with Gasteiger partial charge in [-0.1, -0.05) is 50.3 Å². The van der Waals surface area contributed by atoms with Crippen LogP contribution in [0.4, 0.5) is 0 Å². The molecule has 1 aliphatic carbocycles. The maximum absolute atomic E-state index is 3.62. The first-order valence-electron chi connectivity index (χ1n) is 8.03. The normalized spacial score (nSPS) is 19.6. The molecule has 0 spiro atoms. The van der Waals surface area contributed by atoms with Gasteiger partial charge in [0.25, 0.3) is 0 Å². The first-order valence-corrected chi connectivity index (χ1v) is 8.91. The summed E-state index contributed by atoms with van der Waals surface area (Å²) in [7, 11) is 2.13. The van der Waals surface area contributed by atoms with Crippen molar-refractivity contribution in [1.29, 1.82) is 0 Å². The Labute approximate surface area is 126 Å². The Morgan fingerprint density at radius 2 is 1.75 bits per heavy atom. The van der Waals surface area contributed by atoms with E-state index in [2.05, 4.69) is 42.0 Å². The van der Waals surface area contributed by atoms with Crippen LogP contribution < -0.4 is 5.32 Å². The first kappa shape index (κ1) is 14.1. The van der Waals surface area contributed by atoms with Gasteiger partial charge in [0.05, 0.1) is 0 Å². The highest BCUT2D eigenvalue weighted by atomic mass is 32.1. The fourth-order valence-electron chi connectivity index (χ4n) is 3.71. The Bertz CT molecular complexity index is 537. The molecule has 2 aromatic rings. The molecule has 1 fully saturated rings. The summed E-state index contributed by atoms with van der Waals surface area (Å²) in [6.07, 6.45) is 9.88. The van der Waals surface area contributed by atoms with Gasteiger partial charge < -0.3 is 5.32 Å². The number of nitrogens with one attached hydrogen (secondary N) is 1. The van der Waals surface area contributed by atoms with E-state index in [-0.39, 0.29) is 0 Å². The van der Waals surface area contributed by atoms with Crippen molar-refractivity contribution < 1.29 is 0 Å². The summed E-state index contributed by atoms with van der Waals surface area (Å²) in [6, 6.07) is 9.38. The van der Waals surface area contributed by atoms with Crippen LogP contribution in [-0.4, -0.2) is 7.05 Å². The van der Waals surface area contributed by atoms with Gasteiger partial charge in [0.1, 0.15) is 0 Å². The van der Waals surface area contributed by atoms with Gasteiger partial charge in [-0.3, -0.25) is 0 Å². The smallest absolute Gasteiger partial charge is 0.0360 e. The van der Waals surface area contributed by atoms with E-state index in [9.17, 15) is 0 Å². The molecule has 1 aromatic carbocycles.